The molecule has 0 aliphatic carbocycles. The maximum atomic E-state index is 13.4. The molecule has 0 saturated carbocycles. The summed E-state index contributed by atoms with van der Waals surface area (Å²) in [6, 6.07) is 0. The van der Waals surface area contributed by atoms with E-state index in [0.717, 1.165) is 25.6 Å². The minimum atomic E-state index is -0.580. The van der Waals surface area contributed by atoms with Gasteiger partial charge in [0.25, 0.3) is 5.88 Å². The molecule has 3 rings (SSSR count). The molecule has 2 saturated heterocycles. The van der Waals surface area contributed by atoms with Crippen LogP contribution in [-0.4, -0.2) is 60.4 Å². The minimum absolute atomic E-state index is 0.0593. The van der Waals surface area contributed by atoms with Crippen LogP contribution in [0.1, 0.15) is 19.3 Å². The molecular formula is C14H19FN4O3. The van der Waals surface area contributed by atoms with Crippen LogP contribution in [0.25, 0.3) is 0 Å². The third-order valence-corrected chi connectivity index (χ3v) is 4.21. The van der Waals surface area contributed by atoms with Gasteiger partial charge in [-0.05, 0) is 12.8 Å². The van der Waals surface area contributed by atoms with Crippen molar-refractivity contribution in [3.63, 3.8) is 0 Å². The largest absolute Gasteiger partial charge is 0.479 e. The molecule has 0 aromatic carbocycles. The summed E-state index contributed by atoms with van der Waals surface area (Å²) in [5.41, 5.74) is -0.426. The summed E-state index contributed by atoms with van der Waals surface area (Å²) in [5, 5.41) is 0. The fourth-order valence-electron chi connectivity index (χ4n) is 3.06. The summed E-state index contributed by atoms with van der Waals surface area (Å²) in [4.78, 5) is 23.4. The fourth-order valence-corrected chi connectivity index (χ4v) is 3.06. The summed E-state index contributed by atoms with van der Waals surface area (Å²) in [6.07, 6.45) is 3.20. The Bertz CT molecular complexity index is 585. The number of likely N-dealkylation sites (N-methyl/N-ethyl adjacent to an activating group) is 1. The Hall–Kier alpha value is -2.12. The van der Waals surface area contributed by atoms with Crippen molar-refractivity contribution >= 4 is 12.0 Å². The number of hydrogen-bond donors (Lipinski definition) is 0. The molecule has 120 valence electrons. The number of anilines is 1. The topological polar surface area (TPSA) is 67.8 Å². The van der Waals surface area contributed by atoms with Gasteiger partial charge in [0.1, 0.15) is 5.60 Å². The Labute approximate surface area is 128 Å². The molecular weight excluding hydrogens is 291 g/mol. The van der Waals surface area contributed by atoms with Crippen LogP contribution in [0.4, 0.5) is 15.1 Å². The van der Waals surface area contributed by atoms with Crippen LogP contribution in [-0.2, 0) is 4.74 Å². The van der Waals surface area contributed by atoms with E-state index in [1.807, 2.05) is 4.90 Å². The van der Waals surface area contributed by atoms with Gasteiger partial charge >= 0.3 is 6.09 Å². The van der Waals surface area contributed by atoms with Crippen LogP contribution in [0.3, 0.4) is 0 Å². The van der Waals surface area contributed by atoms with Crippen LogP contribution >= 0.6 is 0 Å². The third kappa shape index (κ3) is 2.65. The summed E-state index contributed by atoms with van der Waals surface area (Å²) in [7, 11) is 3.12. The summed E-state index contributed by atoms with van der Waals surface area (Å²) >= 11 is 0. The maximum absolute atomic E-state index is 13.4. The average Bonchev–Trinajstić information content (AvgIpc) is 2.67. The Morgan fingerprint density at radius 2 is 2.23 bits per heavy atom. The highest BCUT2D eigenvalue weighted by molar-refractivity contribution is 5.70. The third-order valence-electron chi connectivity index (χ3n) is 4.21. The molecule has 1 atom stereocenters. The fraction of sp³-hybridized carbons (Fsp3) is 0.643. The number of halogens is 1. The van der Waals surface area contributed by atoms with Gasteiger partial charge in [-0.15, -0.1) is 0 Å². The lowest BCUT2D eigenvalue weighted by Crippen LogP contribution is -2.35. The highest BCUT2D eigenvalue weighted by atomic mass is 19.1. The molecule has 0 radical (unpaired) electrons. The van der Waals surface area contributed by atoms with Gasteiger partial charge in [-0.3, -0.25) is 0 Å². The zero-order chi connectivity index (χ0) is 15.7. The molecule has 1 unspecified atom stereocenters. The van der Waals surface area contributed by atoms with Gasteiger partial charge in [0.15, 0.2) is 0 Å². The van der Waals surface area contributed by atoms with E-state index in [4.69, 9.17) is 9.47 Å². The van der Waals surface area contributed by atoms with Gasteiger partial charge in [0.05, 0.1) is 19.9 Å². The highest BCUT2D eigenvalue weighted by Gasteiger charge is 2.44. The first kappa shape index (κ1) is 14.8. The highest BCUT2D eigenvalue weighted by Crippen LogP contribution is 2.33. The molecule has 1 spiro atoms. The van der Waals surface area contributed by atoms with Crippen LogP contribution in [0, 0.1) is 5.82 Å². The summed E-state index contributed by atoms with van der Waals surface area (Å²) in [6.45, 7) is 1.99. The Kier molecular flexibility index (Phi) is 3.76. The molecule has 1 aromatic heterocycles. The van der Waals surface area contributed by atoms with E-state index in [1.165, 1.54) is 7.11 Å². The van der Waals surface area contributed by atoms with E-state index in [0.29, 0.717) is 25.5 Å². The van der Waals surface area contributed by atoms with E-state index in [2.05, 4.69) is 9.97 Å². The lowest BCUT2D eigenvalue weighted by molar-refractivity contribution is 0.0473. The van der Waals surface area contributed by atoms with Crippen molar-refractivity contribution in [1.82, 2.24) is 14.9 Å². The zero-order valence-electron chi connectivity index (χ0n) is 12.7. The van der Waals surface area contributed by atoms with Crippen molar-refractivity contribution in [2.24, 2.45) is 0 Å². The molecule has 7 nitrogen and oxygen atoms in total. The second-order valence-electron chi connectivity index (χ2n) is 5.77. The zero-order valence-corrected chi connectivity index (χ0v) is 12.7. The van der Waals surface area contributed by atoms with Crippen LogP contribution in [0.15, 0.2) is 6.20 Å². The van der Waals surface area contributed by atoms with Crippen molar-refractivity contribution in [2.45, 2.75) is 24.9 Å². The molecule has 0 N–H and O–H groups in total. The molecule has 22 heavy (non-hydrogen) atoms. The lowest BCUT2D eigenvalue weighted by atomic mass is 9.95. The smallest absolute Gasteiger partial charge is 0.410 e. The first-order valence-corrected chi connectivity index (χ1v) is 7.29. The van der Waals surface area contributed by atoms with Crippen LogP contribution in [0.2, 0.25) is 0 Å². The number of hydrogen-bond acceptors (Lipinski definition) is 6. The Morgan fingerprint density at radius 1 is 1.41 bits per heavy atom. The predicted molar refractivity (Wildman–Crippen MR) is 76.4 cm³/mol. The molecule has 2 fully saturated rings. The SMILES string of the molecule is COc1nc(N2CCCC3(CC2)CN(C)C(=O)O3)ncc1F. The molecule has 1 amide bonds. The van der Waals surface area contributed by atoms with Crippen molar-refractivity contribution in [3.05, 3.63) is 12.0 Å². The maximum Gasteiger partial charge on any atom is 0.410 e. The second-order valence-corrected chi connectivity index (χ2v) is 5.77. The van der Waals surface area contributed by atoms with Crippen LogP contribution in [0.5, 0.6) is 5.88 Å². The van der Waals surface area contributed by atoms with E-state index >= 15 is 0 Å². The van der Waals surface area contributed by atoms with Gasteiger partial charge in [0, 0.05) is 26.6 Å². The number of aromatic nitrogens is 2. The Morgan fingerprint density at radius 3 is 2.91 bits per heavy atom. The van der Waals surface area contributed by atoms with Crippen LogP contribution < -0.4 is 9.64 Å². The molecule has 1 aromatic rings. The monoisotopic (exact) mass is 310 g/mol. The normalized spacial score (nSPS) is 25.3. The van der Waals surface area contributed by atoms with E-state index in [-0.39, 0.29) is 12.0 Å². The quantitative estimate of drug-likeness (QED) is 0.823. The van der Waals surface area contributed by atoms with Gasteiger partial charge in [0.2, 0.25) is 11.8 Å². The van der Waals surface area contributed by atoms with E-state index in [1.54, 1.807) is 11.9 Å². The number of methoxy groups -OCH3 is 1. The van der Waals surface area contributed by atoms with Crippen molar-refractivity contribution in [2.75, 3.05) is 38.7 Å². The van der Waals surface area contributed by atoms with Gasteiger partial charge in [-0.2, -0.15) is 9.37 Å². The first-order valence-electron chi connectivity index (χ1n) is 7.29. The van der Waals surface area contributed by atoms with Crippen molar-refractivity contribution in [3.8, 4) is 5.88 Å². The standard InChI is InChI=1S/C14H19FN4O3/c1-18-9-14(22-13(18)20)4-3-6-19(7-5-14)12-16-8-10(15)11(17-12)21-2/h8H,3-7,9H2,1-2H3. The molecule has 0 bridgehead atoms. The van der Waals surface area contributed by atoms with E-state index < -0.39 is 11.4 Å². The number of carbonyl (C=O) groups is 1. The lowest BCUT2D eigenvalue weighted by Gasteiger charge is -2.25. The van der Waals surface area contributed by atoms with Gasteiger partial charge in [-0.25, -0.2) is 9.78 Å². The first-order chi connectivity index (χ1) is 10.5. The predicted octanol–water partition coefficient (Wildman–Crippen LogP) is 1.44. The van der Waals surface area contributed by atoms with Gasteiger partial charge < -0.3 is 19.3 Å². The second kappa shape index (κ2) is 5.58. The Balaban J connectivity index is 1.74. The number of ether oxygens (including phenoxy) is 2. The molecule has 2 aliphatic heterocycles. The number of carbonyl (C=O) groups excluding carboxylic acids is 1. The summed E-state index contributed by atoms with van der Waals surface area (Å²) in [5.74, 6) is -0.201. The van der Waals surface area contributed by atoms with Gasteiger partial charge in [-0.1, -0.05) is 0 Å². The summed E-state index contributed by atoms with van der Waals surface area (Å²) < 4.78 is 23.9. The van der Waals surface area contributed by atoms with Crippen molar-refractivity contribution in [1.29, 1.82) is 0 Å². The molecule has 2 aliphatic rings. The molecule has 8 heteroatoms. The average molecular weight is 310 g/mol. The van der Waals surface area contributed by atoms with Crippen molar-refractivity contribution < 1.29 is 18.7 Å². The number of rotatable bonds is 2. The number of nitrogens with zero attached hydrogens (tertiary/aromatic N) is 4. The minimum Gasteiger partial charge on any atom is -0.479 e. The molecule has 3 heterocycles. The number of amides is 1. The van der Waals surface area contributed by atoms with E-state index in [9.17, 15) is 9.18 Å².